The van der Waals surface area contributed by atoms with Crippen molar-refractivity contribution in [2.75, 3.05) is 27.9 Å². The van der Waals surface area contributed by atoms with Crippen molar-refractivity contribution in [3.63, 3.8) is 0 Å². The Morgan fingerprint density at radius 2 is 1.86 bits per heavy atom. The zero-order valence-corrected chi connectivity index (χ0v) is 15.9. The van der Waals surface area contributed by atoms with Crippen molar-refractivity contribution in [1.82, 2.24) is 15.5 Å². The van der Waals surface area contributed by atoms with Crippen LogP contribution in [0.5, 0.6) is 17.2 Å². The lowest BCUT2D eigenvalue weighted by Crippen LogP contribution is -2.26. The van der Waals surface area contributed by atoms with Crippen LogP contribution in [-0.4, -0.2) is 43.9 Å². The number of carbonyl (C=O) groups is 1. The van der Waals surface area contributed by atoms with Crippen LogP contribution < -0.4 is 19.5 Å². The van der Waals surface area contributed by atoms with Crippen LogP contribution in [0.4, 0.5) is 0 Å². The lowest BCUT2D eigenvalue weighted by atomic mass is 10.1. The third-order valence-corrected chi connectivity index (χ3v) is 4.10. The predicted molar refractivity (Wildman–Crippen MR) is 102 cm³/mol. The first-order valence-corrected chi connectivity index (χ1v) is 8.62. The van der Waals surface area contributed by atoms with E-state index in [1.807, 2.05) is 24.3 Å². The molecule has 0 aliphatic rings. The smallest absolute Gasteiger partial charge is 0.316 e. The van der Waals surface area contributed by atoms with Gasteiger partial charge in [0.15, 0.2) is 11.5 Å². The van der Waals surface area contributed by atoms with Crippen molar-refractivity contribution in [2.45, 2.75) is 6.42 Å². The molecule has 0 aliphatic heterocycles. The summed E-state index contributed by atoms with van der Waals surface area (Å²) in [5.41, 5.74) is 1.70. The van der Waals surface area contributed by atoms with E-state index in [2.05, 4.69) is 15.5 Å². The zero-order valence-electron chi connectivity index (χ0n) is 15.9. The summed E-state index contributed by atoms with van der Waals surface area (Å²) in [4.78, 5) is 16.4. The second kappa shape index (κ2) is 8.90. The number of nitrogens with zero attached hydrogens (tertiary/aromatic N) is 2. The van der Waals surface area contributed by atoms with Crippen molar-refractivity contribution >= 4 is 5.91 Å². The molecule has 146 valence electrons. The van der Waals surface area contributed by atoms with Gasteiger partial charge in [-0.1, -0.05) is 17.3 Å². The normalized spacial score (nSPS) is 10.4. The molecule has 0 spiro atoms. The second-order valence-electron chi connectivity index (χ2n) is 5.85. The second-order valence-corrected chi connectivity index (χ2v) is 5.85. The number of benzene rings is 2. The molecule has 3 aromatic rings. The molecule has 0 atom stereocenters. The summed E-state index contributed by atoms with van der Waals surface area (Å²) in [5, 5.41) is 6.64. The summed E-state index contributed by atoms with van der Waals surface area (Å²) in [6, 6.07) is 12.9. The standard InChI is InChI=1S/C20H21N3O5/c1-25-15-6-4-5-13(11-15)9-10-21-19(24)20-22-18(23-28-20)14-7-8-16(26-2)17(12-14)27-3/h4-8,11-12H,9-10H2,1-3H3,(H,21,24). The molecule has 0 saturated carbocycles. The molecule has 0 radical (unpaired) electrons. The largest absolute Gasteiger partial charge is 0.497 e. The average Bonchev–Trinajstić information content (AvgIpc) is 3.23. The first kappa shape index (κ1) is 19.2. The molecule has 0 fully saturated rings. The molecule has 3 rings (SSSR count). The van der Waals surface area contributed by atoms with E-state index in [9.17, 15) is 4.79 Å². The number of hydrogen-bond donors (Lipinski definition) is 1. The maximum absolute atomic E-state index is 12.2. The van der Waals surface area contributed by atoms with E-state index in [1.54, 1.807) is 39.5 Å². The Hall–Kier alpha value is -3.55. The van der Waals surface area contributed by atoms with Crippen molar-refractivity contribution in [2.24, 2.45) is 0 Å². The van der Waals surface area contributed by atoms with E-state index in [1.165, 1.54) is 0 Å². The van der Waals surface area contributed by atoms with Gasteiger partial charge in [-0.2, -0.15) is 4.98 Å². The highest BCUT2D eigenvalue weighted by atomic mass is 16.5. The molecule has 1 amide bonds. The first-order chi connectivity index (χ1) is 13.6. The SMILES string of the molecule is COc1cccc(CCNC(=O)c2nc(-c3ccc(OC)c(OC)c3)no2)c1. The third-order valence-electron chi connectivity index (χ3n) is 4.10. The van der Waals surface area contributed by atoms with Crippen molar-refractivity contribution in [3.05, 3.63) is 53.9 Å². The fourth-order valence-corrected chi connectivity index (χ4v) is 2.63. The van der Waals surface area contributed by atoms with Gasteiger partial charge in [0.2, 0.25) is 5.82 Å². The van der Waals surface area contributed by atoms with Gasteiger partial charge >= 0.3 is 11.8 Å². The van der Waals surface area contributed by atoms with Crippen LogP contribution in [0.25, 0.3) is 11.4 Å². The van der Waals surface area contributed by atoms with Gasteiger partial charge in [-0.25, -0.2) is 0 Å². The minimum absolute atomic E-state index is 0.101. The molecule has 28 heavy (non-hydrogen) atoms. The summed E-state index contributed by atoms with van der Waals surface area (Å²) >= 11 is 0. The van der Waals surface area contributed by atoms with E-state index >= 15 is 0 Å². The van der Waals surface area contributed by atoms with Gasteiger partial charge in [0.05, 0.1) is 21.3 Å². The third kappa shape index (κ3) is 4.40. The van der Waals surface area contributed by atoms with E-state index in [0.717, 1.165) is 11.3 Å². The highest BCUT2D eigenvalue weighted by Crippen LogP contribution is 2.31. The maximum Gasteiger partial charge on any atom is 0.316 e. The molecule has 2 aromatic carbocycles. The number of aromatic nitrogens is 2. The summed E-state index contributed by atoms with van der Waals surface area (Å²) in [7, 11) is 4.71. The van der Waals surface area contributed by atoms with Crippen LogP contribution in [0, 0.1) is 0 Å². The van der Waals surface area contributed by atoms with Crippen molar-refractivity contribution in [3.8, 4) is 28.6 Å². The molecule has 0 saturated heterocycles. The molecule has 8 heteroatoms. The summed E-state index contributed by atoms with van der Waals surface area (Å²) in [6.07, 6.45) is 0.652. The molecule has 0 aliphatic carbocycles. The van der Waals surface area contributed by atoms with Crippen LogP contribution in [-0.2, 0) is 6.42 Å². The molecule has 0 unspecified atom stereocenters. The average molecular weight is 383 g/mol. The number of amides is 1. The van der Waals surface area contributed by atoms with Crippen molar-refractivity contribution < 1.29 is 23.5 Å². The highest BCUT2D eigenvalue weighted by molar-refractivity contribution is 5.89. The Morgan fingerprint density at radius 3 is 2.61 bits per heavy atom. The Bertz CT molecular complexity index is 955. The van der Waals surface area contributed by atoms with E-state index < -0.39 is 5.91 Å². The predicted octanol–water partition coefficient (Wildman–Crippen LogP) is 2.73. The Morgan fingerprint density at radius 1 is 1.04 bits per heavy atom. The Labute approximate surface area is 162 Å². The first-order valence-electron chi connectivity index (χ1n) is 8.62. The van der Waals surface area contributed by atoms with E-state index in [-0.39, 0.29) is 5.89 Å². The molecular weight excluding hydrogens is 362 g/mol. The molecule has 1 N–H and O–H groups in total. The van der Waals surface area contributed by atoms with Crippen LogP contribution in [0.3, 0.4) is 0 Å². The lowest BCUT2D eigenvalue weighted by Gasteiger charge is -2.07. The van der Waals surface area contributed by atoms with E-state index in [4.69, 9.17) is 18.7 Å². The molecular formula is C20H21N3O5. The minimum atomic E-state index is -0.429. The number of carbonyl (C=O) groups excluding carboxylic acids is 1. The molecule has 1 heterocycles. The Balaban J connectivity index is 1.62. The van der Waals surface area contributed by atoms with Gasteiger partial charge < -0.3 is 24.1 Å². The quantitative estimate of drug-likeness (QED) is 0.639. The van der Waals surface area contributed by atoms with Gasteiger partial charge in [0.1, 0.15) is 5.75 Å². The van der Waals surface area contributed by atoms with Gasteiger partial charge in [0.25, 0.3) is 0 Å². The highest BCUT2D eigenvalue weighted by Gasteiger charge is 2.17. The lowest BCUT2D eigenvalue weighted by molar-refractivity contribution is 0.0910. The number of nitrogens with one attached hydrogen (secondary N) is 1. The van der Waals surface area contributed by atoms with Crippen LogP contribution in [0.2, 0.25) is 0 Å². The van der Waals surface area contributed by atoms with Crippen LogP contribution in [0.1, 0.15) is 16.2 Å². The van der Waals surface area contributed by atoms with Crippen LogP contribution in [0.15, 0.2) is 47.0 Å². The monoisotopic (exact) mass is 383 g/mol. The molecule has 1 aromatic heterocycles. The Kier molecular flexibility index (Phi) is 6.11. The summed E-state index contributed by atoms with van der Waals surface area (Å²) < 4.78 is 20.7. The number of ether oxygens (including phenoxy) is 3. The summed E-state index contributed by atoms with van der Waals surface area (Å²) in [6.45, 7) is 0.431. The fraction of sp³-hybridized carbons (Fsp3) is 0.250. The maximum atomic E-state index is 12.2. The van der Waals surface area contributed by atoms with Gasteiger partial charge in [-0.05, 0) is 42.3 Å². The van der Waals surface area contributed by atoms with Gasteiger partial charge in [-0.15, -0.1) is 0 Å². The van der Waals surface area contributed by atoms with Crippen molar-refractivity contribution in [1.29, 1.82) is 0 Å². The summed E-state index contributed by atoms with van der Waals surface area (Å²) in [5.74, 6) is 1.66. The number of methoxy groups -OCH3 is 3. The molecule has 0 bridgehead atoms. The topological polar surface area (TPSA) is 95.7 Å². The minimum Gasteiger partial charge on any atom is -0.497 e. The zero-order chi connectivity index (χ0) is 19.9. The van der Waals surface area contributed by atoms with E-state index in [0.29, 0.717) is 35.9 Å². The van der Waals surface area contributed by atoms with Crippen LogP contribution >= 0.6 is 0 Å². The van der Waals surface area contributed by atoms with Gasteiger partial charge in [0, 0.05) is 12.1 Å². The number of hydrogen-bond acceptors (Lipinski definition) is 7. The van der Waals surface area contributed by atoms with Gasteiger partial charge in [-0.3, -0.25) is 4.79 Å². The number of rotatable bonds is 8. The molecule has 8 nitrogen and oxygen atoms in total. The fourth-order valence-electron chi connectivity index (χ4n) is 2.63.